The fourth-order valence-corrected chi connectivity index (χ4v) is 2.47. The van der Waals surface area contributed by atoms with Crippen LogP contribution in [0.2, 0.25) is 0 Å². The van der Waals surface area contributed by atoms with Crippen LogP contribution < -0.4 is 5.43 Å². The zero-order chi connectivity index (χ0) is 14.5. The zero-order valence-corrected chi connectivity index (χ0v) is 13.5. The third kappa shape index (κ3) is 3.66. The maximum absolute atomic E-state index is 12.0. The van der Waals surface area contributed by atoms with E-state index in [-0.39, 0.29) is 5.91 Å². The molecule has 0 aliphatic rings. The Hall–Kier alpha value is -1.69. The van der Waals surface area contributed by atoms with Gasteiger partial charge in [0.15, 0.2) is 0 Å². The molecule has 0 bridgehead atoms. The molecule has 0 fully saturated rings. The maximum atomic E-state index is 12.0. The van der Waals surface area contributed by atoms with E-state index in [2.05, 4.69) is 39.2 Å². The molecule has 0 aliphatic heterocycles. The molecule has 0 heterocycles. The highest BCUT2D eigenvalue weighted by Gasteiger charge is 2.07. The van der Waals surface area contributed by atoms with Crippen LogP contribution in [0, 0.1) is 17.4 Å². The number of halogens is 1. The highest BCUT2D eigenvalue weighted by atomic mass is 127. The van der Waals surface area contributed by atoms with E-state index in [0.717, 1.165) is 14.7 Å². The number of amides is 1. The second kappa shape index (κ2) is 6.65. The van der Waals surface area contributed by atoms with Crippen molar-refractivity contribution < 1.29 is 4.79 Å². The minimum atomic E-state index is -0.198. The summed E-state index contributed by atoms with van der Waals surface area (Å²) in [6.07, 6.45) is 1.67. The Labute approximate surface area is 132 Å². The number of hydrogen-bond acceptors (Lipinski definition) is 2. The van der Waals surface area contributed by atoms with Crippen LogP contribution in [0.15, 0.2) is 47.6 Å². The van der Waals surface area contributed by atoms with E-state index in [4.69, 9.17) is 0 Å². The summed E-state index contributed by atoms with van der Waals surface area (Å²) < 4.78 is 0.907. The number of hydrazone groups is 1. The van der Waals surface area contributed by atoms with E-state index in [1.165, 1.54) is 5.56 Å². The minimum absolute atomic E-state index is 0.198. The average molecular weight is 378 g/mol. The van der Waals surface area contributed by atoms with Gasteiger partial charge in [-0.15, -0.1) is 0 Å². The Kier molecular flexibility index (Phi) is 4.89. The predicted molar refractivity (Wildman–Crippen MR) is 90.1 cm³/mol. The van der Waals surface area contributed by atoms with Gasteiger partial charge in [-0.2, -0.15) is 5.10 Å². The molecule has 1 amide bonds. The normalized spacial score (nSPS) is 10.8. The van der Waals surface area contributed by atoms with Gasteiger partial charge in [0, 0.05) is 3.57 Å². The Morgan fingerprint density at radius 2 is 1.95 bits per heavy atom. The molecule has 0 atom stereocenters. The van der Waals surface area contributed by atoms with Crippen molar-refractivity contribution in [2.75, 3.05) is 0 Å². The molecule has 2 aromatic carbocycles. The van der Waals surface area contributed by atoms with Crippen molar-refractivity contribution in [1.82, 2.24) is 5.43 Å². The Bertz CT molecular complexity index is 665. The summed E-state index contributed by atoms with van der Waals surface area (Å²) >= 11 is 2.14. The number of nitrogens with zero attached hydrogens (tertiary/aromatic N) is 1. The van der Waals surface area contributed by atoms with Crippen molar-refractivity contribution in [3.05, 3.63) is 68.3 Å². The van der Waals surface area contributed by atoms with Gasteiger partial charge in [-0.1, -0.05) is 35.9 Å². The molecule has 4 heteroatoms. The van der Waals surface area contributed by atoms with Crippen LogP contribution in [-0.2, 0) is 0 Å². The average Bonchev–Trinajstić information content (AvgIpc) is 2.41. The second-order valence-electron chi connectivity index (χ2n) is 4.54. The van der Waals surface area contributed by atoms with Crippen molar-refractivity contribution in [2.45, 2.75) is 13.8 Å². The van der Waals surface area contributed by atoms with Crippen molar-refractivity contribution in [3.8, 4) is 0 Å². The van der Waals surface area contributed by atoms with E-state index < -0.39 is 0 Å². The van der Waals surface area contributed by atoms with Crippen LogP contribution in [0.4, 0.5) is 0 Å². The van der Waals surface area contributed by atoms with Gasteiger partial charge < -0.3 is 0 Å². The van der Waals surface area contributed by atoms with E-state index in [1.54, 1.807) is 12.3 Å². The number of benzene rings is 2. The minimum Gasteiger partial charge on any atom is -0.267 e. The summed E-state index contributed by atoms with van der Waals surface area (Å²) in [5.41, 5.74) is 6.53. The first kappa shape index (κ1) is 14.7. The monoisotopic (exact) mass is 378 g/mol. The fourth-order valence-electron chi connectivity index (χ4n) is 1.84. The van der Waals surface area contributed by atoms with Crippen molar-refractivity contribution >= 4 is 34.7 Å². The predicted octanol–water partition coefficient (Wildman–Crippen LogP) is 3.67. The smallest absolute Gasteiger partial charge is 0.267 e. The molecule has 0 aliphatic carbocycles. The van der Waals surface area contributed by atoms with Gasteiger partial charge >= 0.3 is 0 Å². The number of hydrogen-bond donors (Lipinski definition) is 1. The van der Waals surface area contributed by atoms with Gasteiger partial charge in [0.25, 0.3) is 5.91 Å². The van der Waals surface area contributed by atoms with Crippen LogP contribution in [-0.4, -0.2) is 12.1 Å². The highest BCUT2D eigenvalue weighted by Crippen LogP contribution is 2.11. The summed E-state index contributed by atoms with van der Waals surface area (Å²) in [5.74, 6) is -0.198. The molecule has 0 radical (unpaired) electrons. The van der Waals surface area contributed by atoms with Crippen LogP contribution in [0.25, 0.3) is 0 Å². The van der Waals surface area contributed by atoms with E-state index in [0.29, 0.717) is 5.56 Å². The largest absolute Gasteiger partial charge is 0.272 e. The maximum Gasteiger partial charge on any atom is 0.272 e. The van der Waals surface area contributed by atoms with Crippen molar-refractivity contribution in [1.29, 1.82) is 0 Å². The van der Waals surface area contributed by atoms with Crippen LogP contribution in [0.1, 0.15) is 27.0 Å². The van der Waals surface area contributed by atoms with Gasteiger partial charge in [0.2, 0.25) is 0 Å². The lowest BCUT2D eigenvalue weighted by Gasteiger charge is -2.03. The number of carbonyl (C=O) groups excluding carboxylic acids is 1. The number of carbonyl (C=O) groups is 1. The summed E-state index contributed by atoms with van der Waals surface area (Å²) in [6.45, 7) is 4.07. The SMILES string of the molecule is Cc1ccc(/C=N/NC(=O)c2ccccc2I)c(C)c1. The standard InChI is InChI=1S/C16H15IN2O/c1-11-7-8-13(12(2)9-11)10-18-19-16(20)14-5-3-4-6-15(14)17/h3-10H,1-2H3,(H,19,20)/b18-10+. The first-order chi connectivity index (χ1) is 9.58. The number of nitrogens with one attached hydrogen (secondary N) is 1. The Balaban J connectivity index is 2.07. The Morgan fingerprint density at radius 3 is 2.65 bits per heavy atom. The molecule has 2 rings (SSSR count). The quantitative estimate of drug-likeness (QED) is 0.494. The molecule has 0 saturated heterocycles. The summed E-state index contributed by atoms with van der Waals surface area (Å²) in [6, 6.07) is 13.5. The van der Waals surface area contributed by atoms with Crippen LogP contribution in [0.5, 0.6) is 0 Å². The van der Waals surface area contributed by atoms with Gasteiger partial charge in [0.05, 0.1) is 11.8 Å². The van der Waals surface area contributed by atoms with E-state index in [1.807, 2.05) is 44.2 Å². The first-order valence-electron chi connectivity index (χ1n) is 6.23. The Morgan fingerprint density at radius 1 is 1.20 bits per heavy atom. The zero-order valence-electron chi connectivity index (χ0n) is 11.4. The molecule has 20 heavy (non-hydrogen) atoms. The van der Waals surface area contributed by atoms with E-state index in [9.17, 15) is 4.79 Å². The van der Waals surface area contributed by atoms with Crippen molar-refractivity contribution in [3.63, 3.8) is 0 Å². The molecule has 1 N–H and O–H groups in total. The number of aryl methyl sites for hydroxylation is 2. The molecule has 0 aromatic heterocycles. The molecule has 0 unspecified atom stereocenters. The second-order valence-corrected chi connectivity index (χ2v) is 5.70. The van der Waals surface area contributed by atoms with Gasteiger partial charge in [-0.25, -0.2) is 5.43 Å². The highest BCUT2D eigenvalue weighted by molar-refractivity contribution is 14.1. The summed E-state index contributed by atoms with van der Waals surface area (Å²) in [5, 5.41) is 4.02. The molecular weight excluding hydrogens is 363 g/mol. The molecule has 3 nitrogen and oxygen atoms in total. The lowest BCUT2D eigenvalue weighted by molar-refractivity contribution is 0.0954. The molecule has 0 spiro atoms. The molecule has 102 valence electrons. The van der Waals surface area contributed by atoms with Crippen LogP contribution in [0.3, 0.4) is 0 Å². The first-order valence-corrected chi connectivity index (χ1v) is 7.31. The van der Waals surface area contributed by atoms with Crippen LogP contribution >= 0.6 is 22.6 Å². The number of rotatable bonds is 3. The lowest BCUT2D eigenvalue weighted by Crippen LogP contribution is -2.18. The van der Waals surface area contributed by atoms with Gasteiger partial charge in [-0.3, -0.25) is 4.79 Å². The lowest BCUT2D eigenvalue weighted by atomic mass is 10.1. The third-order valence-corrected chi connectivity index (χ3v) is 3.85. The molecular formula is C16H15IN2O. The fraction of sp³-hybridized carbons (Fsp3) is 0.125. The van der Waals surface area contributed by atoms with E-state index >= 15 is 0 Å². The summed E-state index contributed by atoms with van der Waals surface area (Å²) in [7, 11) is 0. The van der Waals surface area contributed by atoms with Gasteiger partial charge in [-0.05, 0) is 59.7 Å². The van der Waals surface area contributed by atoms with Gasteiger partial charge in [0.1, 0.15) is 0 Å². The topological polar surface area (TPSA) is 41.5 Å². The van der Waals surface area contributed by atoms with Crippen molar-refractivity contribution in [2.24, 2.45) is 5.10 Å². The molecule has 2 aromatic rings. The summed E-state index contributed by atoms with van der Waals surface area (Å²) in [4.78, 5) is 12.0. The molecule has 0 saturated carbocycles. The third-order valence-electron chi connectivity index (χ3n) is 2.91.